The number of fused-ring (bicyclic) bond motifs is 2. The van der Waals surface area contributed by atoms with Gasteiger partial charge in [-0.3, -0.25) is 9.69 Å². The SMILES string of the molecule is COc1cc2ccccc2cc1C(=O)N(Cc1ccco1)c1nc2ccccc2s1. The van der Waals surface area contributed by atoms with E-state index in [-0.39, 0.29) is 12.5 Å². The number of anilines is 1. The summed E-state index contributed by atoms with van der Waals surface area (Å²) in [5.41, 5.74) is 1.35. The summed E-state index contributed by atoms with van der Waals surface area (Å²) in [5, 5.41) is 2.61. The van der Waals surface area contributed by atoms with Crippen LogP contribution in [0, 0.1) is 0 Å². The zero-order valence-electron chi connectivity index (χ0n) is 16.2. The van der Waals surface area contributed by atoms with Crippen molar-refractivity contribution >= 4 is 43.4 Å². The molecule has 3 aromatic carbocycles. The van der Waals surface area contributed by atoms with Gasteiger partial charge in [-0.2, -0.15) is 0 Å². The molecule has 148 valence electrons. The van der Waals surface area contributed by atoms with Crippen LogP contribution >= 0.6 is 11.3 Å². The molecule has 2 aromatic heterocycles. The van der Waals surface area contributed by atoms with Crippen molar-refractivity contribution < 1.29 is 13.9 Å². The van der Waals surface area contributed by atoms with Gasteiger partial charge in [0.1, 0.15) is 11.5 Å². The second kappa shape index (κ2) is 7.65. The normalized spacial score (nSPS) is 11.1. The molecule has 0 atom stereocenters. The fourth-order valence-electron chi connectivity index (χ4n) is 3.46. The standard InChI is InChI=1S/C24H18N2O3S/c1-28-21-14-17-8-3-2-7-16(17)13-19(21)23(27)26(15-18-9-6-12-29-18)24-25-20-10-4-5-11-22(20)30-24/h2-14H,15H2,1H3. The minimum atomic E-state index is -0.187. The average molecular weight is 414 g/mol. The van der Waals surface area contributed by atoms with Crippen LogP contribution in [0.25, 0.3) is 21.0 Å². The zero-order chi connectivity index (χ0) is 20.5. The third-order valence-electron chi connectivity index (χ3n) is 4.95. The molecule has 5 aromatic rings. The smallest absolute Gasteiger partial charge is 0.264 e. The van der Waals surface area contributed by atoms with Crippen LogP contribution < -0.4 is 9.64 Å². The number of amides is 1. The van der Waals surface area contributed by atoms with E-state index in [1.54, 1.807) is 18.3 Å². The summed E-state index contributed by atoms with van der Waals surface area (Å²) in [4.78, 5) is 20.1. The van der Waals surface area contributed by atoms with Gasteiger partial charge in [0.05, 0.1) is 35.7 Å². The van der Waals surface area contributed by atoms with Crippen molar-refractivity contribution in [2.24, 2.45) is 0 Å². The van der Waals surface area contributed by atoms with Crippen molar-refractivity contribution in [3.63, 3.8) is 0 Å². The summed E-state index contributed by atoms with van der Waals surface area (Å²) in [5.74, 6) is 1.03. The largest absolute Gasteiger partial charge is 0.496 e. The van der Waals surface area contributed by atoms with Crippen LogP contribution in [0.4, 0.5) is 5.13 Å². The molecule has 6 heteroatoms. The summed E-state index contributed by atoms with van der Waals surface area (Å²) in [6.07, 6.45) is 1.60. The Hall–Kier alpha value is -3.64. The molecule has 0 aliphatic rings. The van der Waals surface area contributed by atoms with E-state index in [4.69, 9.17) is 14.1 Å². The molecule has 0 fully saturated rings. The fraction of sp³-hybridized carbons (Fsp3) is 0.0833. The minimum Gasteiger partial charge on any atom is -0.496 e. The van der Waals surface area contributed by atoms with Gasteiger partial charge < -0.3 is 9.15 Å². The van der Waals surface area contributed by atoms with E-state index in [9.17, 15) is 4.79 Å². The Morgan fingerprint density at radius 1 is 1.03 bits per heavy atom. The van der Waals surface area contributed by atoms with Crippen LogP contribution in [0.5, 0.6) is 5.75 Å². The minimum absolute atomic E-state index is 0.187. The van der Waals surface area contributed by atoms with Gasteiger partial charge in [0.25, 0.3) is 5.91 Å². The second-order valence-corrected chi connectivity index (χ2v) is 7.84. The molecule has 0 aliphatic carbocycles. The Bertz CT molecular complexity index is 1310. The van der Waals surface area contributed by atoms with E-state index in [1.165, 1.54) is 11.3 Å². The Morgan fingerprint density at radius 3 is 2.53 bits per heavy atom. The quantitative estimate of drug-likeness (QED) is 0.359. The van der Waals surface area contributed by atoms with E-state index in [0.717, 1.165) is 21.0 Å². The van der Waals surface area contributed by atoms with Crippen LogP contribution in [-0.4, -0.2) is 18.0 Å². The molecule has 5 rings (SSSR count). The second-order valence-electron chi connectivity index (χ2n) is 6.83. The van der Waals surface area contributed by atoms with Crippen molar-refractivity contribution in [3.8, 4) is 5.75 Å². The van der Waals surface area contributed by atoms with Gasteiger partial charge in [-0.1, -0.05) is 47.7 Å². The molecule has 0 N–H and O–H groups in total. The molecule has 2 heterocycles. The van der Waals surface area contributed by atoms with Crippen LogP contribution in [0.15, 0.2) is 83.5 Å². The lowest BCUT2D eigenvalue weighted by atomic mass is 10.0. The van der Waals surface area contributed by atoms with Gasteiger partial charge in [-0.15, -0.1) is 0 Å². The van der Waals surface area contributed by atoms with E-state index >= 15 is 0 Å². The Balaban J connectivity index is 1.63. The number of carbonyl (C=O) groups is 1. The lowest BCUT2D eigenvalue weighted by Gasteiger charge is -2.20. The maximum atomic E-state index is 13.7. The van der Waals surface area contributed by atoms with Crippen LogP contribution in [0.3, 0.4) is 0 Å². The number of furan rings is 1. The summed E-state index contributed by atoms with van der Waals surface area (Å²) < 4.78 is 12.1. The molecule has 0 spiro atoms. The molecular weight excluding hydrogens is 396 g/mol. The van der Waals surface area contributed by atoms with Gasteiger partial charge in [-0.25, -0.2) is 4.98 Å². The van der Waals surface area contributed by atoms with Crippen molar-refractivity contribution in [2.75, 3.05) is 12.0 Å². The molecule has 0 aliphatic heterocycles. The molecule has 0 unspecified atom stereocenters. The lowest BCUT2D eigenvalue weighted by molar-refractivity contribution is 0.0980. The summed E-state index contributed by atoms with van der Waals surface area (Å²) in [7, 11) is 1.58. The number of para-hydroxylation sites is 1. The first-order valence-electron chi connectivity index (χ1n) is 9.49. The predicted octanol–water partition coefficient (Wildman–Crippen LogP) is 5.90. The molecule has 0 bridgehead atoms. The number of methoxy groups -OCH3 is 1. The van der Waals surface area contributed by atoms with Gasteiger partial charge in [0.2, 0.25) is 0 Å². The monoisotopic (exact) mass is 414 g/mol. The highest BCUT2D eigenvalue weighted by atomic mass is 32.1. The van der Waals surface area contributed by atoms with E-state index in [0.29, 0.717) is 22.2 Å². The van der Waals surface area contributed by atoms with Gasteiger partial charge in [0, 0.05) is 0 Å². The summed E-state index contributed by atoms with van der Waals surface area (Å²) in [6.45, 7) is 0.279. The number of hydrogen-bond donors (Lipinski definition) is 0. The van der Waals surface area contributed by atoms with Crippen molar-refractivity contribution in [3.05, 3.63) is 90.4 Å². The molecule has 0 saturated heterocycles. The lowest BCUT2D eigenvalue weighted by Crippen LogP contribution is -2.30. The number of nitrogens with zero attached hydrogens (tertiary/aromatic N) is 2. The number of hydrogen-bond acceptors (Lipinski definition) is 5. The highest BCUT2D eigenvalue weighted by molar-refractivity contribution is 7.22. The number of thiazole rings is 1. The first kappa shape index (κ1) is 18.4. The van der Waals surface area contributed by atoms with Crippen molar-refractivity contribution in [2.45, 2.75) is 6.54 Å². The number of aromatic nitrogens is 1. The Labute approximate surface area is 177 Å². The van der Waals surface area contributed by atoms with Crippen molar-refractivity contribution in [1.82, 2.24) is 4.98 Å². The highest BCUT2D eigenvalue weighted by Crippen LogP contribution is 2.33. The molecule has 30 heavy (non-hydrogen) atoms. The molecule has 0 saturated carbocycles. The van der Waals surface area contributed by atoms with E-state index < -0.39 is 0 Å². The number of rotatable bonds is 5. The maximum absolute atomic E-state index is 13.7. The molecule has 5 nitrogen and oxygen atoms in total. The first-order valence-corrected chi connectivity index (χ1v) is 10.3. The highest BCUT2D eigenvalue weighted by Gasteiger charge is 2.25. The molecule has 1 amide bonds. The van der Waals surface area contributed by atoms with E-state index in [1.807, 2.05) is 72.8 Å². The maximum Gasteiger partial charge on any atom is 0.264 e. The number of ether oxygens (including phenoxy) is 1. The van der Waals surface area contributed by atoms with Crippen LogP contribution in [0.2, 0.25) is 0 Å². The zero-order valence-corrected chi connectivity index (χ0v) is 17.1. The third kappa shape index (κ3) is 3.31. The first-order chi connectivity index (χ1) is 14.7. The van der Waals surface area contributed by atoms with Crippen LogP contribution in [-0.2, 0) is 6.54 Å². The summed E-state index contributed by atoms with van der Waals surface area (Å²) in [6, 6.07) is 23.2. The Morgan fingerprint density at radius 2 is 1.80 bits per heavy atom. The number of benzene rings is 3. The molecular formula is C24H18N2O3S. The number of carbonyl (C=O) groups excluding carboxylic acids is 1. The predicted molar refractivity (Wildman–Crippen MR) is 119 cm³/mol. The third-order valence-corrected chi connectivity index (χ3v) is 6.01. The fourth-order valence-corrected chi connectivity index (χ4v) is 4.42. The average Bonchev–Trinajstić information content (AvgIpc) is 3.45. The Kier molecular flexibility index (Phi) is 4.69. The van der Waals surface area contributed by atoms with Gasteiger partial charge in [-0.05, 0) is 47.2 Å². The molecule has 0 radical (unpaired) electrons. The topological polar surface area (TPSA) is 55.6 Å². The van der Waals surface area contributed by atoms with Crippen molar-refractivity contribution in [1.29, 1.82) is 0 Å². The van der Waals surface area contributed by atoms with Crippen LogP contribution in [0.1, 0.15) is 16.1 Å². The van der Waals surface area contributed by atoms with E-state index in [2.05, 4.69) is 0 Å². The van der Waals surface area contributed by atoms with Gasteiger partial charge >= 0.3 is 0 Å². The summed E-state index contributed by atoms with van der Waals surface area (Å²) >= 11 is 1.48. The van der Waals surface area contributed by atoms with Gasteiger partial charge in [0.15, 0.2) is 5.13 Å².